The fraction of sp³-hybridized carbons (Fsp3) is 0.375. The van der Waals surface area contributed by atoms with Crippen LogP contribution in [0, 0.1) is 5.92 Å². The zero-order valence-corrected chi connectivity index (χ0v) is 13.9. The van der Waals surface area contributed by atoms with Crippen molar-refractivity contribution < 1.29 is 14.3 Å². The molecule has 0 bridgehead atoms. The normalized spacial score (nSPS) is 14.4. The summed E-state index contributed by atoms with van der Waals surface area (Å²) in [7, 11) is 0. The van der Waals surface area contributed by atoms with E-state index in [0.717, 1.165) is 29.7 Å². The zero-order chi connectivity index (χ0) is 15.5. The number of hydrogen-bond donors (Lipinski definition) is 1. The summed E-state index contributed by atoms with van der Waals surface area (Å²) in [5.74, 6) is -0.283. The Kier molecular flexibility index (Phi) is 4.59. The molecule has 0 aromatic carbocycles. The highest BCUT2D eigenvalue weighted by Crippen LogP contribution is 2.39. The molecule has 3 rings (SSSR count). The minimum Gasteiger partial charge on any atom is -0.462 e. The zero-order valence-electron chi connectivity index (χ0n) is 12.3. The molecule has 1 amide bonds. The Morgan fingerprint density at radius 2 is 2.18 bits per heavy atom. The summed E-state index contributed by atoms with van der Waals surface area (Å²) in [5, 5.41) is 7.39. The maximum atomic E-state index is 12.3. The van der Waals surface area contributed by atoms with Gasteiger partial charge in [-0.05, 0) is 31.2 Å². The van der Waals surface area contributed by atoms with E-state index in [1.807, 2.05) is 22.9 Å². The number of hydrogen-bond acceptors (Lipinski definition) is 5. The van der Waals surface area contributed by atoms with Gasteiger partial charge in [-0.15, -0.1) is 22.7 Å². The van der Waals surface area contributed by atoms with E-state index in [4.69, 9.17) is 4.74 Å². The predicted octanol–water partition coefficient (Wildman–Crippen LogP) is 4.39. The van der Waals surface area contributed by atoms with Gasteiger partial charge >= 0.3 is 5.97 Å². The standard InChI is InChI=1S/C16H17NO3S2/c1-2-20-16(19)13-11(12-7-4-8-21-12)9-22-15(13)17-14(18)10-5-3-6-10/h4,7-10H,2-3,5-6H2,1H3,(H,17,18). The lowest BCUT2D eigenvalue weighted by Crippen LogP contribution is -2.28. The Labute approximate surface area is 137 Å². The van der Waals surface area contributed by atoms with Crippen LogP contribution < -0.4 is 5.32 Å². The fourth-order valence-electron chi connectivity index (χ4n) is 2.35. The average molecular weight is 335 g/mol. The third kappa shape index (κ3) is 2.94. The third-order valence-corrected chi connectivity index (χ3v) is 5.57. The summed E-state index contributed by atoms with van der Waals surface area (Å²) in [5.41, 5.74) is 1.31. The van der Waals surface area contributed by atoms with Gasteiger partial charge in [0.1, 0.15) is 10.6 Å². The van der Waals surface area contributed by atoms with Crippen molar-refractivity contribution in [2.24, 2.45) is 5.92 Å². The van der Waals surface area contributed by atoms with Crippen LogP contribution in [0.1, 0.15) is 36.5 Å². The number of esters is 1. The van der Waals surface area contributed by atoms with Gasteiger partial charge in [0.15, 0.2) is 0 Å². The Bertz CT molecular complexity index is 672. The maximum absolute atomic E-state index is 12.3. The van der Waals surface area contributed by atoms with Crippen LogP contribution in [0.5, 0.6) is 0 Å². The summed E-state index contributed by atoms with van der Waals surface area (Å²) >= 11 is 2.95. The lowest BCUT2D eigenvalue weighted by molar-refractivity contribution is -0.122. The molecule has 6 heteroatoms. The molecular formula is C16H17NO3S2. The molecule has 0 saturated heterocycles. The first-order valence-electron chi connectivity index (χ1n) is 7.34. The number of carbonyl (C=O) groups excluding carboxylic acids is 2. The molecule has 22 heavy (non-hydrogen) atoms. The Balaban J connectivity index is 1.91. The molecule has 0 atom stereocenters. The molecule has 0 spiro atoms. The highest BCUT2D eigenvalue weighted by molar-refractivity contribution is 7.17. The van der Waals surface area contributed by atoms with Gasteiger partial charge < -0.3 is 10.1 Å². The van der Waals surface area contributed by atoms with E-state index in [0.29, 0.717) is 17.2 Å². The number of rotatable bonds is 5. The summed E-state index contributed by atoms with van der Waals surface area (Å²) in [6.07, 6.45) is 2.97. The van der Waals surface area contributed by atoms with Crippen LogP contribution in [0.2, 0.25) is 0 Å². The van der Waals surface area contributed by atoms with E-state index in [2.05, 4.69) is 5.32 Å². The van der Waals surface area contributed by atoms with Gasteiger partial charge in [-0.3, -0.25) is 4.79 Å². The molecule has 1 aliphatic carbocycles. The molecule has 2 aromatic heterocycles. The SMILES string of the molecule is CCOC(=O)c1c(-c2cccs2)csc1NC(=O)C1CCC1. The van der Waals surface area contributed by atoms with Crippen LogP contribution in [-0.4, -0.2) is 18.5 Å². The Hall–Kier alpha value is -1.66. The van der Waals surface area contributed by atoms with Crippen molar-refractivity contribution in [1.29, 1.82) is 0 Å². The van der Waals surface area contributed by atoms with Crippen molar-refractivity contribution in [3.63, 3.8) is 0 Å². The van der Waals surface area contributed by atoms with Gasteiger partial charge in [0.05, 0.1) is 6.61 Å². The first kappa shape index (κ1) is 15.2. The van der Waals surface area contributed by atoms with Crippen LogP contribution in [-0.2, 0) is 9.53 Å². The average Bonchev–Trinajstić information content (AvgIpc) is 3.04. The molecule has 0 aliphatic heterocycles. The first-order valence-corrected chi connectivity index (χ1v) is 9.10. The second-order valence-corrected chi connectivity index (χ2v) is 7.00. The molecule has 116 valence electrons. The van der Waals surface area contributed by atoms with E-state index in [9.17, 15) is 9.59 Å². The van der Waals surface area contributed by atoms with Crippen LogP contribution in [0.4, 0.5) is 5.00 Å². The second kappa shape index (κ2) is 6.62. The maximum Gasteiger partial charge on any atom is 0.341 e. The first-order chi connectivity index (χ1) is 10.7. The molecule has 0 unspecified atom stereocenters. The predicted molar refractivity (Wildman–Crippen MR) is 89.6 cm³/mol. The molecule has 1 saturated carbocycles. The molecule has 4 nitrogen and oxygen atoms in total. The molecular weight excluding hydrogens is 318 g/mol. The molecule has 2 aromatic rings. The Morgan fingerprint density at radius 1 is 1.36 bits per heavy atom. The van der Waals surface area contributed by atoms with Crippen molar-refractivity contribution in [2.45, 2.75) is 26.2 Å². The minimum absolute atomic E-state index is 0.0105. The van der Waals surface area contributed by atoms with E-state index in [1.165, 1.54) is 11.3 Å². The molecule has 2 heterocycles. The van der Waals surface area contributed by atoms with Gasteiger partial charge in [-0.25, -0.2) is 4.79 Å². The number of thiophene rings is 2. The number of nitrogens with one attached hydrogen (secondary N) is 1. The molecule has 1 aliphatic rings. The molecule has 0 radical (unpaired) electrons. The van der Waals surface area contributed by atoms with Crippen molar-refractivity contribution in [3.8, 4) is 10.4 Å². The van der Waals surface area contributed by atoms with E-state index in [1.54, 1.807) is 18.3 Å². The monoisotopic (exact) mass is 335 g/mol. The largest absolute Gasteiger partial charge is 0.462 e. The summed E-state index contributed by atoms with van der Waals surface area (Å²) in [4.78, 5) is 25.5. The highest BCUT2D eigenvalue weighted by Gasteiger charge is 2.28. The van der Waals surface area contributed by atoms with Gasteiger partial charge in [0.25, 0.3) is 0 Å². The van der Waals surface area contributed by atoms with Crippen molar-refractivity contribution in [1.82, 2.24) is 0 Å². The van der Waals surface area contributed by atoms with Gasteiger partial charge in [0, 0.05) is 21.7 Å². The lowest BCUT2D eigenvalue weighted by Gasteiger charge is -2.23. The van der Waals surface area contributed by atoms with Crippen molar-refractivity contribution >= 4 is 39.6 Å². The van der Waals surface area contributed by atoms with E-state index >= 15 is 0 Å². The summed E-state index contributed by atoms with van der Waals surface area (Å²) in [6, 6.07) is 3.91. The number of ether oxygens (including phenoxy) is 1. The summed E-state index contributed by atoms with van der Waals surface area (Å²) in [6.45, 7) is 2.09. The Morgan fingerprint density at radius 3 is 2.77 bits per heavy atom. The van der Waals surface area contributed by atoms with Gasteiger partial charge in [-0.2, -0.15) is 0 Å². The lowest BCUT2D eigenvalue weighted by atomic mass is 9.85. The van der Waals surface area contributed by atoms with Crippen molar-refractivity contribution in [3.05, 3.63) is 28.5 Å². The fourth-order valence-corrected chi connectivity index (χ4v) is 4.13. The van der Waals surface area contributed by atoms with Gasteiger partial charge in [-0.1, -0.05) is 12.5 Å². The second-order valence-electron chi connectivity index (χ2n) is 5.17. The molecule has 1 N–H and O–H groups in total. The van der Waals surface area contributed by atoms with Crippen molar-refractivity contribution in [2.75, 3.05) is 11.9 Å². The van der Waals surface area contributed by atoms with Gasteiger partial charge in [0.2, 0.25) is 5.91 Å². The van der Waals surface area contributed by atoms with Crippen LogP contribution in [0.3, 0.4) is 0 Å². The number of anilines is 1. The quantitative estimate of drug-likeness (QED) is 0.824. The third-order valence-electron chi connectivity index (χ3n) is 3.77. The topological polar surface area (TPSA) is 55.4 Å². The molecule has 1 fully saturated rings. The number of carbonyl (C=O) groups is 2. The summed E-state index contributed by atoms with van der Waals surface area (Å²) < 4.78 is 5.17. The number of amides is 1. The van der Waals surface area contributed by atoms with E-state index in [-0.39, 0.29) is 17.8 Å². The van der Waals surface area contributed by atoms with Crippen LogP contribution >= 0.6 is 22.7 Å². The van der Waals surface area contributed by atoms with E-state index < -0.39 is 0 Å². The highest BCUT2D eigenvalue weighted by atomic mass is 32.1. The van der Waals surface area contributed by atoms with Crippen LogP contribution in [0.15, 0.2) is 22.9 Å². The minimum atomic E-state index is -0.379. The smallest absolute Gasteiger partial charge is 0.341 e. The van der Waals surface area contributed by atoms with Crippen LogP contribution in [0.25, 0.3) is 10.4 Å².